The highest BCUT2D eigenvalue weighted by atomic mass is 32.2. The van der Waals surface area contributed by atoms with Crippen LogP contribution in [0.4, 0.5) is 5.82 Å². The van der Waals surface area contributed by atoms with E-state index >= 15 is 0 Å². The lowest BCUT2D eigenvalue weighted by atomic mass is 10.1. The third-order valence-corrected chi connectivity index (χ3v) is 5.86. The van der Waals surface area contributed by atoms with Gasteiger partial charge in [0.05, 0.1) is 23.9 Å². The maximum atomic E-state index is 11.9. The zero-order valence-corrected chi connectivity index (χ0v) is 16.8. The molecule has 0 aliphatic rings. The second-order valence-electron chi connectivity index (χ2n) is 6.56. The predicted molar refractivity (Wildman–Crippen MR) is 111 cm³/mol. The fraction of sp³-hybridized carbons (Fsp3) is 0.421. The Kier molecular flexibility index (Phi) is 6.94. The number of sulfonamides is 1. The Labute approximate surface area is 165 Å². The molecule has 0 fully saturated rings. The number of fused-ring (bicyclic) bond motifs is 1. The smallest absolute Gasteiger partial charge is 0.211 e. The quantitative estimate of drug-likeness (QED) is 0.510. The van der Waals surface area contributed by atoms with Crippen LogP contribution in [0.25, 0.3) is 11.0 Å². The topological polar surface area (TPSA) is 102 Å². The second kappa shape index (κ2) is 9.61. The van der Waals surface area contributed by atoms with Gasteiger partial charge >= 0.3 is 0 Å². The van der Waals surface area contributed by atoms with Crippen LogP contribution < -0.4 is 10.0 Å². The van der Waals surface area contributed by atoms with Gasteiger partial charge in [-0.1, -0.05) is 43.7 Å². The lowest BCUT2D eigenvalue weighted by Crippen LogP contribution is -2.29. The molecule has 0 bridgehead atoms. The fourth-order valence-electron chi connectivity index (χ4n) is 2.88. The molecule has 0 unspecified atom stereocenters. The number of nitrogens with one attached hydrogen (secondary N) is 2. The molecule has 0 aliphatic heterocycles. The molecule has 8 nitrogen and oxygen atoms in total. The Morgan fingerprint density at radius 3 is 2.71 bits per heavy atom. The molecular weight excluding hydrogens is 376 g/mol. The summed E-state index contributed by atoms with van der Waals surface area (Å²) in [6.45, 7) is 3.41. The molecule has 0 radical (unpaired) electrons. The lowest BCUT2D eigenvalue weighted by Gasteiger charge is -2.08. The number of hydrogen-bond acceptors (Lipinski definition) is 6. The van der Waals surface area contributed by atoms with E-state index in [-0.39, 0.29) is 12.3 Å². The van der Waals surface area contributed by atoms with Crippen molar-refractivity contribution < 1.29 is 8.42 Å². The molecule has 3 rings (SSSR count). The average Bonchev–Trinajstić information content (AvgIpc) is 3.11. The van der Waals surface area contributed by atoms with Crippen LogP contribution in [0.2, 0.25) is 0 Å². The van der Waals surface area contributed by atoms with E-state index < -0.39 is 10.0 Å². The molecule has 0 amide bonds. The van der Waals surface area contributed by atoms with Crippen molar-refractivity contribution >= 4 is 26.9 Å². The van der Waals surface area contributed by atoms with Crippen LogP contribution >= 0.6 is 0 Å². The third-order valence-electron chi connectivity index (χ3n) is 4.39. The second-order valence-corrected chi connectivity index (χ2v) is 8.48. The molecule has 2 N–H and O–H groups in total. The molecule has 1 aromatic carbocycles. The van der Waals surface area contributed by atoms with Crippen LogP contribution in [0.15, 0.2) is 42.9 Å². The summed E-state index contributed by atoms with van der Waals surface area (Å²) in [6.07, 6.45) is 5.61. The highest BCUT2D eigenvalue weighted by Crippen LogP contribution is 2.18. The number of anilines is 1. The summed E-state index contributed by atoms with van der Waals surface area (Å²) in [5, 5.41) is 8.50. The summed E-state index contributed by atoms with van der Waals surface area (Å²) in [6, 6.07) is 10.2. The van der Waals surface area contributed by atoms with Gasteiger partial charge in [0.1, 0.15) is 12.1 Å². The SMILES string of the molecule is CCCCS(=O)(=O)NCCn1ncc2c(NCCc3ccccc3)ncnc21. The maximum absolute atomic E-state index is 11.9. The monoisotopic (exact) mass is 402 g/mol. The van der Waals surface area contributed by atoms with Gasteiger partial charge in [0.25, 0.3) is 0 Å². The predicted octanol–water partition coefficient (Wildman–Crippen LogP) is 2.20. The third kappa shape index (κ3) is 5.49. The zero-order chi connectivity index (χ0) is 19.8. The molecule has 150 valence electrons. The summed E-state index contributed by atoms with van der Waals surface area (Å²) in [5.41, 5.74) is 1.94. The largest absolute Gasteiger partial charge is 0.369 e. The summed E-state index contributed by atoms with van der Waals surface area (Å²) < 4.78 is 28.1. The van der Waals surface area contributed by atoms with Crippen LogP contribution in [0, 0.1) is 0 Å². The highest BCUT2D eigenvalue weighted by molar-refractivity contribution is 7.89. The van der Waals surface area contributed by atoms with Gasteiger partial charge in [0.2, 0.25) is 10.0 Å². The van der Waals surface area contributed by atoms with Gasteiger partial charge in [-0.2, -0.15) is 5.10 Å². The lowest BCUT2D eigenvalue weighted by molar-refractivity contribution is 0.562. The normalized spacial score (nSPS) is 11.8. The van der Waals surface area contributed by atoms with Gasteiger partial charge < -0.3 is 5.32 Å². The minimum Gasteiger partial charge on any atom is -0.369 e. The number of aromatic nitrogens is 4. The molecule has 0 atom stereocenters. The van der Waals surface area contributed by atoms with E-state index in [4.69, 9.17) is 0 Å². The van der Waals surface area contributed by atoms with Gasteiger partial charge in [-0.25, -0.2) is 27.8 Å². The first-order chi connectivity index (χ1) is 13.6. The van der Waals surface area contributed by atoms with Gasteiger partial charge in [-0.15, -0.1) is 0 Å². The number of benzene rings is 1. The molecule has 28 heavy (non-hydrogen) atoms. The van der Waals surface area contributed by atoms with E-state index in [1.165, 1.54) is 11.9 Å². The van der Waals surface area contributed by atoms with Crippen molar-refractivity contribution in [3.05, 3.63) is 48.4 Å². The first-order valence-electron chi connectivity index (χ1n) is 9.50. The first kappa shape index (κ1) is 20.2. The summed E-state index contributed by atoms with van der Waals surface area (Å²) in [7, 11) is -3.23. The number of rotatable bonds is 11. The highest BCUT2D eigenvalue weighted by Gasteiger charge is 2.12. The molecule has 0 saturated carbocycles. The number of unbranched alkanes of at least 4 members (excludes halogenated alkanes) is 1. The van der Waals surface area contributed by atoms with E-state index in [0.29, 0.717) is 18.6 Å². The van der Waals surface area contributed by atoms with E-state index in [0.717, 1.165) is 30.6 Å². The summed E-state index contributed by atoms with van der Waals surface area (Å²) in [5.74, 6) is 0.886. The molecule has 0 aliphatic carbocycles. The molecule has 2 aromatic heterocycles. The molecule has 0 saturated heterocycles. The van der Waals surface area contributed by atoms with Crippen molar-refractivity contribution in [1.29, 1.82) is 0 Å². The van der Waals surface area contributed by atoms with Crippen LogP contribution in [0.3, 0.4) is 0 Å². The van der Waals surface area contributed by atoms with Crippen LogP contribution in [-0.4, -0.2) is 47.0 Å². The van der Waals surface area contributed by atoms with Crippen LogP contribution in [-0.2, 0) is 23.0 Å². The van der Waals surface area contributed by atoms with E-state index in [1.807, 2.05) is 25.1 Å². The average molecular weight is 403 g/mol. The van der Waals surface area contributed by atoms with Crippen LogP contribution in [0.5, 0.6) is 0 Å². The van der Waals surface area contributed by atoms with Crippen LogP contribution in [0.1, 0.15) is 25.3 Å². The Hall–Kier alpha value is -2.52. The maximum Gasteiger partial charge on any atom is 0.211 e. The zero-order valence-electron chi connectivity index (χ0n) is 16.0. The van der Waals surface area contributed by atoms with Crippen molar-refractivity contribution in [1.82, 2.24) is 24.5 Å². The minimum atomic E-state index is -3.23. The Morgan fingerprint density at radius 1 is 1.11 bits per heavy atom. The summed E-state index contributed by atoms with van der Waals surface area (Å²) in [4.78, 5) is 8.62. The van der Waals surface area contributed by atoms with E-state index in [2.05, 4.69) is 37.2 Å². The standard InChI is InChI=1S/C19H26N6O2S/c1-2-3-13-28(26,27)24-11-12-25-19-17(14-23-25)18(21-15-22-19)20-10-9-16-7-5-4-6-8-16/h4-8,14-15,24H,2-3,9-13H2,1H3,(H,20,21,22). The summed E-state index contributed by atoms with van der Waals surface area (Å²) >= 11 is 0. The Balaban J connectivity index is 1.59. The molecule has 2 heterocycles. The van der Waals surface area contributed by atoms with Gasteiger partial charge in [-0.3, -0.25) is 0 Å². The van der Waals surface area contributed by atoms with Crippen molar-refractivity contribution in [3.63, 3.8) is 0 Å². The van der Waals surface area contributed by atoms with Gasteiger partial charge in [-0.05, 0) is 18.4 Å². The number of nitrogens with zero attached hydrogens (tertiary/aromatic N) is 4. The van der Waals surface area contributed by atoms with E-state index in [9.17, 15) is 8.42 Å². The van der Waals surface area contributed by atoms with Crippen molar-refractivity contribution in [2.24, 2.45) is 0 Å². The van der Waals surface area contributed by atoms with E-state index in [1.54, 1.807) is 10.9 Å². The molecule has 0 spiro atoms. The number of hydrogen-bond donors (Lipinski definition) is 2. The van der Waals surface area contributed by atoms with Crippen molar-refractivity contribution in [3.8, 4) is 0 Å². The Morgan fingerprint density at radius 2 is 1.93 bits per heavy atom. The minimum absolute atomic E-state index is 0.154. The fourth-order valence-corrected chi connectivity index (χ4v) is 4.10. The van der Waals surface area contributed by atoms with Gasteiger partial charge in [0.15, 0.2) is 5.65 Å². The van der Waals surface area contributed by atoms with Crippen molar-refractivity contribution in [2.45, 2.75) is 32.7 Å². The molecular formula is C19H26N6O2S. The van der Waals surface area contributed by atoms with Crippen molar-refractivity contribution in [2.75, 3.05) is 24.2 Å². The molecule has 9 heteroatoms. The Bertz CT molecular complexity index is 988. The van der Waals surface area contributed by atoms with Gasteiger partial charge in [0, 0.05) is 13.1 Å². The first-order valence-corrected chi connectivity index (χ1v) is 11.2. The molecule has 3 aromatic rings.